The van der Waals surface area contributed by atoms with E-state index in [0.29, 0.717) is 17.4 Å². The van der Waals surface area contributed by atoms with E-state index in [1.54, 1.807) is 12.5 Å². The Morgan fingerprint density at radius 3 is 1.52 bits per heavy atom. The first-order valence-corrected chi connectivity index (χ1v) is 8.41. The van der Waals surface area contributed by atoms with Gasteiger partial charge in [-0.05, 0) is 47.7 Å². The van der Waals surface area contributed by atoms with E-state index in [4.69, 9.17) is 20.0 Å². The fraction of sp³-hybridized carbons (Fsp3) is 0.333. The van der Waals surface area contributed by atoms with E-state index >= 15 is 0 Å². The van der Waals surface area contributed by atoms with Crippen LogP contribution in [0.25, 0.3) is 0 Å². The van der Waals surface area contributed by atoms with Gasteiger partial charge in [-0.3, -0.25) is 0 Å². The minimum absolute atomic E-state index is 0.162. The van der Waals surface area contributed by atoms with Crippen molar-refractivity contribution in [3.63, 3.8) is 0 Å². The molecule has 0 fully saturated rings. The lowest BCUT2D eigenvalue weighted by Crippen LogP contribution is -2.33. The standard InChI is InChI=1S/C21H22N2O2/c1-4-13-21(16(2)3,17-5-9-19(10-6-17)24-14-22)18-7-11-20(12-8-18)25-15-23/h5-12,16H,4,13H2,1-3H3. The smallest absolute Gasteiger partial charge is 0.292 e. The molecule has 0 aliphatic carbocycles. The number of hydrogen-bond donors (Lipinski definition) is 0. The minimum Gasteiger partial charge on any atom is -0.388 e. The highest BCUT2D eigenvalue weighted by molar-refractivity contribution is 5.44. The van der Waals surface area contributed by atoms with E-state index < -0.39 is 0 Å². The quantitative estimate of drug-likeness (QED) is 0.657. The van der Waals surface area contributed by atoms with E-state index in [9.17, 15) is 0 Å². The first-order valence-electron chi connectivity index (χ1n) is 8.41. The highest BCUT2D eigenvalue weighted by atomic mass is 16.5. The molecule has 0 bridgehead atoms. The second-order valence-corrected chi connectivity index (χ2v) is 6.31. The van der Waals surface area contributed by atoms with Gasteiger partial charge in [0.1, 0.15) is 11.5 Å². The molecule has 4 nitrogen and oxygen atoms in total. The fourth-order valence-electron chi connectivity index (χ4n) is 3.55. The molecule has 2 aromatic carbocycles. The van der Waals surface area contributed by atoms with Crippen LogP contribution in [0.3, 0.4) is 0 Å². The summed E-state index contributed by atoms with van der Waals surface area (Å²) >= 11 is 0. The van der Waals surface area contributed by atoms with Crippen LogP contribution in [0.4, 0.5) is 0 Å². The molecule has 25 heavy (non-hydrogen) atoms. The van der Waals surface area contributed by atoms with Crippen molar-refractivity contribution >= 4 is 0 Å². The monoisotopic (exact) mass is 334 g/mol. The van der Waals surface area contributed by atoms with Crippen LogP contribution < -0.4 is 9.47 Å². The molecule has 0 aliphatic heterocycles. The third kappa shape index (κ3) is 3.75. The molecule has 0 aromatic heterocycles. The van der Waals surface area contributed by atoms with Crippen molar-refractivity contribution in [2.75, 3.05) is 0 Å². The molecule has 0 unspecified atom stereocenters. The van der Waals surface area contributed by atoms with Gasteiger partial charge >= 0.3 is 0 Å². The Morgan fingerprint density at radius 2 is 1.24 bits per heavy atom. The Balaban J connectivity index is 2.53. The molecular weight excluding hydrogens is 312 g/mol. The molecule has 0 heterocycles. The van der Waals surface area contributed by atoms with Crippen LogP contribution in [0.2, 0.25) is 0 Å². The zero-order valence-electron chi connectivity index (χ0n) is 14.8. The lowest BCUT2D eigenvalue weighted by atomic mass is 9.64. The second kappa shape index (κ2) is 8.22. The zero-order valence-corrected chi connectivity index (χ0v) is 14.8. The number of benzene rings is 2. The van der Waals surface area contributed by atoms with Gasteiger partial charge in [-0.2, -0.15) is 0 Å². The average Bonchev–Trinajstić information content (AvgIpc) is 2.62. The van der Waals surface area contributed by atoms with E-state index in [2.05, 4.69) is 20.8 Å². The molecule has 0 aliphatic rings. The fourth-order valence-corrected chi connectivity index (χ4v) is 3.55. The molecule has 0 N–H and O–H groups in total. The molecule has 0 atom stereocenters. The van der Waals surface area contributed by atoms with Gasteiger partial charge in [-0.25, -0.2) is 0 Å². The number of nitrogens with zero attached hydrogens (tertiary/aromatic N) is 2. The summed E-state index contributed by atoms with van der Waals surface area (Å²) in [5.74, 6) is 1.44. The van der Waals surface area contributed by atoms with Crippen LogP contribution in [-0.4, -0.2) is 0 Å². The van der Waals surface area contributed by atoms with Gasteiger partial charge in [0.05, 0.1) is 0 Å². The van der Waals surface area contributed by atoms with Gasteiger partial charge in [0, 0.05) is 5.41 Å². The molecular formula is C21H22N2O2. The van der Waals surface area contributed by atoms with Crippen molar-refractivity contribution in [1.82, 2.24) is 0 Å². The van der Waals surface area contributed by atoms with Crippen LogP contribution in [0.5, 0.6) is 11.5 Å². The Bertz CT molecular complexity index is 706. The Hall–Kier alpha value is -2.98. The first-order chi connectivity index (χ1) is 12.1. The van der Waals surface area contributed by atoms with Gasteiger partial charge in [0.2, 0.25) is 0 Å². The van der Waals surface area contributed by atoms with E-state index in [1.807, 2.05) is 48.5 Å². The van der Waals surface area contributed by atoms with Crippen molar-refractivity contribution in [3.05, 3.63) is 59.7 Å². The summed E-state index contributed by atoms with van der Waals surface area (Å²) in [6, 6.07) is 15.4. The minimum atomic E-state index is -0.162. The Labute approximate surface area is 149 Å². The first kappa shape index (κ1) is 18.4. The molecule has 4 heteroatoms. The highest BCUT2D eigenvalue weighted by Gasteiger charge is 2.36. The van der Waals surface area contributed by atoms with Crippen LogP contribution in [0, 0.1) is 29.0 Å². The van der Waals surface area contributed by atoms with Gasteiger partial charge < -0.3 is 9.47 Å². The maximum absolute atomic E-state index is 8.66. The van der Waals surface area contributed by atoms with Gasteiger partial charge in [0.25, 0.3) is 12.5 Å². The lowest BCUT2D eigenvalue weighted by molar-refractivity contribution is 0.341. The topological polar surface area (TPSA) is 66.0 Å². The largest absolute Gasteiger partial charge is 0.388 e. The molecule has 0 saturated heterocycles. The Kier molecular flexibility index (Phi) is 6.03. The normalized spacial score (nSPS) is 10.8. The molecule has 2 aromatic rings. The third-order valence-corrected chi connectivity index (χ3v) is 4.70. The van der Waals surface area contributed by atoms with Crippen molar-refractivity contribution in [3.8, 4) is 24.0 Å². The number of hydrogen-bond acceptors (Lipinski definition) is 4. The van der Waals surface area contributed by atoms with Crippen LogP contribution >= 0.6 is 0 Å². The lowest BCUT2D eigenvalue weighted by Gasteiger charge is -2.39. The number of rotatable bonds is 7. The predicted molar refractivity (Wildman–Crippen MR) is 95.9 cm³/mol. The second-order valence-electron chi connectivity index (χ2n) is 6.31. The number of nitriles is 2. The van der Waals surface area contributed by atoms with Crippen LogP contribution in [-0.2, 0) is 5.41 Å². The summed E-state index contributed by atoms with van der Waals surface area (Å²) in [4.78, 5) is 0. The van der Waals surface area contributed by atoms with Gasteiger partial charge in [-0.15, -0.1) is 10.5 Å². The van der Waals surface area contributed by atoms with Crippen molar-refractivity contribution < 1.29 is 9.47 Å². The summed E-state index contributed by atoms with van der Waals surface area (Å²) in [6.07, 6.45) is 5.42. The van der Waals surface area contributed by atoms with Gasteiger partial charge in [0.15, 0.2) is 0 Å². The van der Waals surface area contributed by atoms with E-state index in [0.717, 1.165) is 12.8 Å². The van der Waals surface area contributed by atoms with Crippen molar-refractivity contribution in [2.45, 2.75) is 39.0 Å². The van der Waals surface area contributed by atoms with Crippen molar-refractivity contribution in [1.29, 1.82) is 10.5 Å². The summed E-state index contributed by atoms with van der Waals surface area (Å²) in [5.41, 5.74) is 2.21. The SMILES string of the molecule is CCCC(c1ccc(OC#N)cc1)(c1ccc(OC#N)cc1)C(C)C. The predicted octanol–water partition coefficient (Wildman–Crippen LogP) is 5.15. The maximum atomic E-state index is 8.66. The summed E-state index contributed by atoms with van der Waals surface area (Å²) in [6.45, 7) is 6.61. The van der Waals surface area contributed by atoms with Crippen molar-refractivity contribution in [2.24, 2.45) is 5.92 Å². The molecule has 0 radical (unpaired) electrons. The Morgan fingerprint density at radius 1 is 0.840 bits per heavy atom. The van der Waals surface area contributed by atoms with Crippen LogP contribution in [0.15, 0.2) is 48.5 Å². The molecule has 0 spiro atoms. The summed E-state index contributed by atoms with van der Waals surface area (Å²) in [7, 11) is 0. The van der Waals surface area contributed by atoms with E-state index in [-0.39, 0.29) is 5.41 Å². The summed E-state index contributed by atoms with van der Waals surface area (Å²) < 4.78 is 9.80. The highest BCUT2D eigenvalue weighted by Crippen LogP contribution is 2.44. The third-order valence-electron chi connectivity index (χ3n) is 4.70. The molecule has 2 rings (SSSR count). The molecule has 0 saturated carbocycles. The average molecular weight is 334 g/mol. The maximum Gasteiger partial charge on any atom is 0.292 e. The summed E-state index contributed by atoms with van der Waals surface area (Å²) in [5, 5.41) is 17.3. The zero-order chi connectivity index (χ0) is 18.3. The van der Waals surface area contributed by atoms with Crippen LogP contribution in [0.1, 0.15) is 44.7 Å². The molecule has 0 amide bonds. The molecule has 128 valence electrons. The van der Waals surface area contributed by atoms with E-state index in [1.165, 1.54) is 11.1 Å². The van der Waals surface area contributed by atoms with Gasteiger partial charge in [-0.1, -0.05) is 51.5 Å². The number of ether oxygens (including phenoxy) is 2.